The van der Waals surface area contributed by atoms with Crippen molar-refractivity contribution < 1.29 is 4.74 Å². The summed E-state index contributed by atoms with van der Waals surface area (Å²) in [7, 11) is 0. The summed E-state index contributed by atoms with van der Waals surface area (Å²) < 4.78 is 5.67. The third-order valence-electron chi connectivity index (χ3n) is 3.23. The molecule has 0 radical (unpaired) electrons. The Bertz CT molecular complexity index is 315. The minimum absolute atomic E-state index is 0.0383. The van der Waals surface area contributed by atoms with Crippen molar-refractivity contribution >= 4 is 0 Å². The van der Waals surface area contributed by atoms with Gasteiger partial charge in [0.05, 0.1) is 6.61 Å². The van der Waals surface area contributed by atoms with Gasteiger partial charge in [0.25, 0.3) is 0 Å². The Morgan fingerprint density at radius 3 is 2.75 bits per heavy atom. The first-order chi connectivity index (χ1) is 7.75. The minimum atomic E-state index is 0.0383. The Hall–Kier alpha value is -1.09. The topological polar surface area (TPSA) is 48.1 Å². The third kappa shape index (κ3) is 2.95. The van der Waals surface area contributed by atoms with Crippen molar-refractivity contribution in [3.8, 4) is 5.88 Å². The molecule has 1 heterocycles. The van der Waals surface area contributed by atoms with Gasteiger partial charge in [0, 0.05) is 18.3 Å². The van der Waals surface area contributed by atoms with Gasteiger partial charge in [0.1, 0.15) is 0 Å². The van der Waals surface area contributed by atoms with E-state index in [0.717, 1.165) is 24.0 Å². The minimum Gasteiger partial charge on any atom is -0.477 e. The first-order valence-corrected chi connectivity index (χ1v) is 6.10. The predicted octanol–water partition coefficient (Wildman–Crippen LogP) is 2.67. The molecule has 1 aliphatic carbocycles. The molecule has 1 saturated carbocycles. The van der Waals surface area contributed by atoms with E-state index in [1.165, 1.54) is 25.7 Å². The molecule has 2 N–H and O–H groups in total. The van der Waals surface area contributed by atoms with E-state index in [2.05, 4.69) is 4.98 Å². The average Bonchev–Trinajstić information content (AvgIpc) is 2.80. The van der Waals surface area contributed by atoms with Crippen molar-refractivity contribution in [3.05, 3.63) is 23.9 Å². The molecule has 0 aromatic carbocycles. The second kappa shape index (κ2) is 5.30. The first kappa shape index (κ1) is 11.4. The highest BCUT2D eigenvalue weighted by molar-refractivity contribution is 5.19. The van der Waals surface area contributed by atoms with E-state index < -0.39 is 0 Å². The second-order valence-corrected chi connectivity index (χ2v) is 4.68. The van der Waals surface area contributed by atoms with Gasteiger partial charge in [-0.2, -0.15) is 0 Å². The number of hydrogen-bond acceptors (Lipinski definition) is 3. The molecule has 3 nitrogen and oxygen atoms in total. The molecule has 1 fully saturated rings. The molecule has 1 aromatic rings. The van der Waals surface area contributed by atoms with E-state index in [1.54, 1.807) is 6.20 Å². The monoisotopic (exact) mass is 220 g/mol. The van der Waals surface area contributed by atoms with Crippen molar-refractivity contribution in [2.45, 2.75) is 38.6 Å². The van der Waals surface area contributed by atoms with Gasteiger partial charge in [-0.1, -0.05) is 18.9 Å². The predicted molar refractivity (Wildman–Crippen MR) is 64.3 cm³/mol. The highest BCUT2D eigenvalue weighted by Gasteiger charge is 2.15. The fourth-order valence-electron chi connectivity index (χ4n) is 2.13. The van der Waals surface area contributed by atoms with Crippen LogP contribution in [-0.2, 0) is 0 Å². The molecule has 88 valence electrons. The Balaban J connectivity index is 1.84. The van der Waals surface area contributed by atoms with Crippen LogP contribution in [0.3, 0.4) is 0 Å². The summed E-state index contributed by atoms with van der Waals surface area (Å²) in [6.07, 6.45) is 7.11. The van der Waals surface area contributed by atoms with Crippen molar-refractivity contribution in [2.24, 2.45) is 11.7 Å². The number of nitrogens with zero attached hydrogens (tertiary/aromatic N) is 1. The summed E-state index contributed by atoms with van der Waals surface area (Å²) in [6, 6.07) is 3.94. The van der Waals surface area contributed by atoms with Crippen molar-refractivity contribution in [3.63, 3.8) is 0 Å². The summed E-state index contributed by atoms with van der Waals surface area (Å²) in [6.45, 7) is 2.76. The van der Waals surface area contributed by atoms with Gasteiger partial charge in [-0.05, 0) is 31.2 Å². The van der Waals surface area contributed by atoms with E-state index >= 15 is 0 Å². The van der Waals surface area contributed by atoms with E-state index in [4.69, 9.17) is 10.5 Å². The van der Waals surface area contributed by atoms with Crippen LogP contribution in [-0.4, -0.2) is 11.6 Å². The number of pyridine rings is 1. The summed E-state index contributed by atoms with van der Waals surface area (Å²) in [5.74, 6) is 1.45. The Morgan fingerprint density at radius 2 is 2.19 bits per heavy atom. The summed E-state index contributed by atoms with van der Waals surface area (Å²) in [5.41, 5.74) is 6.81. The van der Waals surface area contributed by atoms with Crippen molar-refractivity contribution in [2.75, 3.05) is 6.61 Å². The van der Waals surface area contributed by atoms with Gasteiger partial charge in [0.2, 0.25) is 5.88 Å². The molecule has 2 rings (SSSR count). The van der Waals surface area contributed by atoms with Gasteiger partial charge in [0.15, 0.2) is 0 Å². The van der Waals surface area contributed by atoms with E-state index in [1.807, 2.05) is 19.1 Å². The van der Waals surface area contributed by atoms with E-state index in [-0.39, 0.29) is 6.04 Å². The van der Waals surface area contributed by atoms with Gasteiger partial charge < -0.3 is 10.5 Å². The lowest BCUT2D eigenvalue weighted by Gasteiger charge is -2.11. The normalized spacial score (nSPS) is 18.6. The molecule has 16 heavy (non-hydrogen) atoms. The lowest BCUT2D eigenvalue weighted by Crippen LogP contribution is -2.09. The largest absolute Gasteiger partial charge is 0.477 e. The molecule has 3 heteroatoms. The first-order valence-electron chi connectivity index (χ1n) is 6.10. The molecule has 1 atom stereocenters. The molecule has 0 spiro atoms. The molecular formula is C13H20N2O. The standard InChI is InChI=1S/C13H20N2O/c1-10(14)12-6-7-13(15-8-12)16-9-11-4-2-3-5-11/h6-8,10-11H,2-5,9,14H2,1H3/t10-/m1/s1. The average molecular weight is 220 g/mol. The van der Waals surface area contributed by atoms with E-state index in [9.17, 15) is 0 Å². The number of nitrogens with two attached hydrogens (primary N) is 1. The number of aromatic nitrogens is 1. The molecule has 0 saturated heterocycles. The number of hydrogen-bond donors (Lipinski definition) is 1. The number of ether oxygens (including phenoxy) is 1. The van der Waals surface area contributed by atoms with Gasteiger partial charge in [-0.15, -0.1) is 0 Å². The molecule has 1 aromatic heterocycles. The van der Waals surface area contributed by atoms with Crippen LogP contribution in [0.2, 0.25) is 0 Å². The van der Waals surface area contributed by atoms with Gasteiger partial charge in [-0.3, -0.25) is 0 Å². The maximum Gasteiger partial charge on any atom is 0.213 e. The van der Waals surface area contributed by atoms with Gasteiger partial charge in [-0.25, -0.2) is 4.98 Å². The molecule has 0 amide bonds. The lowest BCUT2D eigenvalue weighted by molar-refractivity contribution is 0.243. The molecule has 0 aliphatic heterocycles. The van der Waals surface area contributed by atoms with Crippen LogP contribution in [0, 0.1) is 5.92 Å². The zero-order valence-electron chi connectivity index (χ0n) is 9.86. The quantitative estimate of drug-likeness (QED) is 0.848. The van der Waals surface area contributed by atoms with E-state index in [0.29, 0.717) is 0 Å². The Kier molecular flexibility index (Phi) is 3.78. The van der Waals surface area contributed by atoms with Crippen LogP contribution in [0.5, 0.6) is 5.88 Å². The lowest BCUT2D eigenvalue weighted by atomic mass is 10.1. The number of rotatable bonds is 4. The summed E-state index contributed by atoms with van der Waals surface area (Å²) >= 11 is 0. The maximum atomic E-state index is 5.76. The van der Waals surface area contributed by atoms with Crippen LogP contribution in [0.1, 0.15) is 44.2 Å². The highest BCUT2D eigenvalue weighted by atomic mass is 16.5. The fraction of sp³-hybridized carbons (Fsp3) is 0.615. The zero-order chi connectivity index (χ0) is 11.4. The van der Waals surface area contributed by atoms with Crippen LogP contribution in [0.4, 0.5) is 0 Å². The Morgan fingerprint density at radius 1 is 1.44 bits per heavy atom. The maximum absolute atomic E-state index is 5.76. The van der Waals surface area contributed by atoms with Crippen LogP contribution in [0.15, 0.2) is 18.3 Å². The fourth-order valence-corrected chi connectivity index (χ4v) is 2.13. The second-order valence-electron chi connectivity index (χ2n) is 4.68. The molecule has 1 aliphatic rings. The molecule has 0 unspecified atom stereocenters. The highest BCUT2D eigenvalue weighted by Crippen LogP contribution is 2.25. The van der Waals surface area contributed by atoms with Crippen LogP contribution < -0.4 is 10.5 Å². The molecule has 0 bridgehead atoms. The Labute approximate surface area is 97.0 Å². The van der Waals surface area contributed by atoms with Crippen molar-refractivity contribution in [1.29, 1.82) is 0 Å². The SMILES string of the molecule is C[C@@H](N)c1ccc(OCC2CCCC2)nc1. The zero-order valence-corrected chi connectivity index (χ0v) is 9.86. The van der Waals surface area contributed by atoms with Crippen LogP contribution in [0.25, 0.3) is 0 Å². The molecular weight excluding hydrogens is 200 g/mol. The van der Waals surface area contributed by atoms with Crippen LogP contribution >= 0.6 is 0 Å². The van der Waals surface area contributed by atoms with Gasteiger partial charge >= 0.3 is 0 Å². The smallest absolute Gasteiger partial charge is 0.213 e. The summed E-state index contributed by atoms with van der Waals surface area (Å²) in [5, 5.41) is 0. The van der Waals surface area contributed by atoms with Crippen molar-refractivity contribution in [1.82, 2.24) is 4.98 Å². The third-order valence-corrected chi connectivity index (χ3v) is 3.23. The summed E-state index contributed by atoms with van der Waals surface area (Å²) in [4.78, 5) is 4.26.